The number of methoxy groups -OCH3 is 1. The molecule has 0 spiro atoms. The summed E-state index contributed by atoms with van der Waals surface area (Å²) in [4.78, 5) is 13.1. The summed E-state index contributed by atoms with van der Waals surface area (Å²) in [6, 6.07) is 14.0. The molecule has 1 amide bonds. The Morgan fingerprint density at radius 3 is 2.30 bits per heavy atom. The summed E-state index contributed by atoms with van der Waals surface area (Å²) < 4.78 is 43.4. The number of nitrogens with one attached hydrogen (secondary N) is 1. The van der Waals surface area contributed by atoms with Crippen LogP contribution in [0.25, 0.3) is 0 Å². The Bertz CT molecular complexity index is 1060. The molecule has 8 nitrogen and oxygen atoms in total. The number of carbonyl (C=O) groups excluding carboxylic acids is 1. The third-order valence-electron chi connectivity index (χ3n) is 6.44. The molecule has 0 aromatic heterocycles. The molecule has 2 aromatic carbocycles. The van der Waals surface area contributed by atoms with Gasteiger partial charge in [-0.25, -0.2) is 8.42 Å². The first kappa shape index (κ1) is 23.7. The first-order valence-electron chi connectivity index (χ1n) is 11.1. The largest absolute Gasteiger partial charge is 0.496 e. The molecule has 2 heterocycles. The Morgan fingerprint density at radius 1 is 1.00 bits per heavy atom. The van der Waals surface area contributed by atoms with Crippen LogP contribution in [0.1, 0.15) is 28.8 Å². The van der Waals surface area contributed by atoms with E-state index in [0.29, 0.717) is 51.6 Å². The van der Waals surface area contributed by atoms with Crippen LogP contribution in [0.5, 0.6) is 5.75 Å². The molecule has 1 N–H and O–H groups in total. The third-order valence-corrected chi connectivity index (χ3v) is 8.35. The monoisotopic (exact) mass is 474 g/mol. The summed E-state index contributed by atoms with van der Waals surface area (Å²) in [7, 11) is -1.94. The summed E-state index contributed by atoms with van der Waals surface area (Å²) >= 11 is 0. The maximum atomic E-state index is 12.9. The number of sulfonamides is 1. The van der Waals surface area contributed by atoms with E-state index in [1.165, 1.54) is 16.4 Å². The second-order valence-electron chi connectivity index (χ2n) is 8.32. The Labute approximate surface area is 194 Å². The van der Waals surface area contributed by atoms with Crippen molar-refractivity contribution < 1.29 is 27.4 Å². The molecule has 0 radical (unpaired) electrons. The van der Waals surface area contributed by atoms with Gasteiger partial charge in [-0.3, -0.25) is 4.79 Å². The molecule has 9 heteroatoms. The second kappa shape index (κ2) is 10.2. The molecular formula is C24H30N2O6S. The number of morpholine rings is 1. The van der Waals surface area contributed by atoms with Crippen LogP contribution in [0.2, 0.25) is 0 Å². The first-order chi connectivity index (χ1) is 16.0. The number of carbonyl (C=O) groups is 1. The van der Waals surface area contributed by atoms with Gasteiger partial charge in [-0.15, -0.1) is 0 Å². The molecule has 2 aromatic rings. The number of para-hydroxylation sites is 1. The van der Waals surface area contributed by atoms with Gasteiger partial charge in [0.2, 0.25) is 10.0 Å². The fourth-order valence-corrected chi connectivity index (χ4v) is 5.86. The lowest BCUT2D eigenvalue weighted by Crippen LogP contribution is -2.44. The minimum absolute atomic E-state index is 0.177. The molecule has 0 saturated carbocycles. The smallest absolute Gasteiger partial charge is 0.251 e. The van der Waals surface area contributed by atoms with Gasteiger partial charge in [-0.2, -0.15) is 4.31 Å². The maximum absolute atomic E-state index is 12.9. The number of amides is 1. The predicted molar refractivity (Wildman–Crippen MR) is 123 cm³/mol. The van der Waals surface area contributed by atoms with Crippen molar-refractivity contribution in [2.75, 3.05) is 53.2 Å². The summed E-state index contributed by atoms with van der Waals surface area (Å²) in [5.41, 5.74) is 1.18. The second-order valence-corrected chi connectivity index (χ2v) is 10.3. The van der Waals surface area contributed by atoms with Crippen molar-refractivity contribution in [3.05, 3.63) is 59.7 Å². The van der Waals surface area contributed by atoms with Crippen molar-refractivity contribution in [3.8, 4) is 5.75 Å². The Hall–Kier alpha value is -2.46. The summed E-state index contributed by atoms with van der Waals surface area (Å²) in [5.74, 6) is 0.553. The van der Waals surface area contributed by atoms with Crippen LogP contribution in [0, 0.1) is 0 Å². The number of rotatable bonds is 7. The van der Waals surface area contributed by atoms with Crippen LogP contribution in [0.4, 0.5) is 0 Å². The minimum atomic E-state index is -3.59. The molecule has 0 unspecified atom stereocenters. The average molecular weight is 475 g/mol. The van der Waals surface area contributed by atoms with Crippen LogP contribution in [-0.4, -0.2) is 71.8 Å². The molecule has 0 atom stereocenters. The van der Waals surface area contributed by atoms with Crippen molar-refractivity contribution in [2.45, 2.75) is 23.2 Å². The van der Waals surface area contributed by atoms with Gasteiger partial charge in [0.15, 0.2) is 0 Å². The molecule has 4 rings (SSSR count). The Kier molecular flexibility index (Phi) is 7.33. The topological polar surface area (TPSA) is 94.2 Å². The van der Waals surface area contributed by atoms with E-state index < -0.39 is 10.0 Å². The summed E-state index contributed by atoms with van der Waals surface area (Å²) in [6.07, 6.45) is 1.54. The maximum Gasteiger partial charge on any atom is 0.251 e. The zero-order chi connectivity index (χ0) is 23.3. The van der Waals surface area contributed by atoms with Gasteiger partial charge >= 0.3 is 0 Å². The highest BCUT2D eigenvalue weighted by atomic mass is 32.2. The quantitative estimate of drug-likeness (QED) is 0.661. The third kappa shape index (κ3) is 5.06. The van der Waals surface area contributed by atoms with Crippen LogP contribution in [-0.2, 0) is 24.9 Å². The highest BCUT2D eigenvalue weighted by Gasteiger charge is 2.37. The van der Waals surface area contributed by atoms with E-state index in [1.807, 2.05) is 24.3 Å². The predicted octanol–water partition coefficient (Wildman–Crippen LogP) is 2.19. The van der Waals surface area contributed by atoms with Gasteiger partial charge in [-0.1, -0.05) is 18.2 Å². The zero-order valence-corrected chi connectivity index (χ0v) is 19.6. The van der Waals surface area contributed by atoms with E-state index in [9.17, 15) is 13.2 Å². The van der Waals surface area contributed by atoms with Crippen LogP contribution >= 0.6 is 0 Å². The fourth-order valence-electron chi connectivity index (χ4n) is 4.45. The van der Waals surface area contributed by atoms with Crippen LogP contribution < -0.4 is 10.1 Å². The van der Waals surface area contributed by atoms with Crippen LogP contribution in [0.15, 0.2) is 53.4 Å². The van der Waals surface area contributed by atoms with Crippen molar-refractivity contribution >= 4 is 15.9 Å². The number of ether oxygens (including phenoxy) is 3. The molecule has 2 aliphatic rings. The number of hydrogen-bond acceptors (Lipinski definition) is 6. The number of hydrogen-bond donors (Lipinski definition) is 1. The van der Waals surface area contributed by atoms with E-state index >= 15 is 0 Å². The lowest BCUT2D eigenvalue weighted by atomic mass is 9.73. The van der Waals surface area contributed by atoms with Gasteiger partial charge < -0.3 is 19.5 Å². The van der Waals surface area contributed by atoms with Gasteiger partial charge in [0.25, 0.3) is 5.91 Å². The number of nitrogens with zero attached hydrogens (tertiary/aromatic N) is 1. The van der Waals surface area contributed by atoms with E-state index in [0.717, 1.165) is 24.2 Å². The average Bonchev–Trinajstić information content (AvgIpc) is 2.88. The van der Waals surface area contributed by atoms with Crippen molar-refractivity contribution in [1.82, 2.24) is 9.62 Å². The number of benzene rings is 2. The van der Waals surface area contributed by atoms with Gasteiger partial charge in [-0.05, 0) is 43.2 Å². The lowest BCUT2D eigenvalue weighted by Gasteiger charge is -2.38. The van der Waals surface area contributed by atoms with Gasteiger partial charge in [0, 0.05) is 49.4 Å². The van der Waals surface area contributed by atoms with E-state index in [-0.39, 0.29) is 16.2 Å². The van der Waals surface area contributed by atoms with Gasteiger partial charge in [0.1, 0.15) is 5.75 Å². The van der Waals surface area contributed by atoms with Crippen LogP contribution in [0.3, 0.4) is 0 Å². The minimum Gasteiger partial charge on any atom is -0.496 e. The zero-order valence-electron chi connectivity index (χ0n) is 18.8. The van der Waals surface area contributed by atoms with Crippen molar-refractivity contribution in [3.63, 3.8) is 0 Å². The molecule has 2 aliphatic heterocycles. The molecular weight excluding hydrogens is 444 g/mol. The molecule has 33 heavy (non-hydrogen) atoms. The van der Waals surface area contributed by atoms with Gasteiger partial charge in [0.05, 0.1) is 25.2 Å². The fraction of sp³-hybridized carbons (Fsp3) is 0.458. The highest BCUT2D eigenvalue weighted by Crippen LogP contribution is 2.39. The lowest BCUT2D eigenvalue weighted by molar-refractivity contribution is 0.0479. The van der Waals surface area contributed by atoms with E-state index in [2.05, 4.69) is 5.32 Å². The van der Waals surface area contributed by atoms with E-state index in [1.54, 1.807) is 19.2 Å². The highest BCUT2D eigenvalue weighted by molar-refractivity contribution is 7.89. The molecule has 178 valence electrons. The van der Waals surface area contributed by atoms with Crippen molar-refractivity contribution in [2.24, 2.45) is 0 Å². The summed E-state index contributed by atoms with van der Waals surface area (Å²) in [6.45, 7) is 3.10. The molecule has 0 bridgehead atoms. The first-order valence-corrected chi connectivity index (χ1v) is 12.6. The normalized spacial score (nSPS) is 19.1. The van der Waals surface area contributed by atoms with Crippen molar-refractivity contribution in [1.29, 1.82) is 0 Å². The molecule has 2 fully saturated rings. The Balaban J connectivity index is 1.48. The standard InChI is InChI=1S/C24H30N2O6S/c1-30-22-5-3-2-4-21(22)24(10-14-31-15-11-24)18-25-23(27)19-6-8-20(9-7-19)33(28,29)26-12-16-32-17-13-26/h2-9H,10-18H2,1H3,(H,25,27). The van der Waals surface area contributed by atoms with E-state index in [4.69, 9.17) is 14.2 Å². The Morgan fingerprint density at radius 2 is 1.64 bits per heavy atom. The molecule has 0 aliphatic carbocycles. The molecule has 2 saturated heterocycles. The SMILES string of the molecule is COc1ccccc1C1(CNC(=O)c2ccc(S(=O)(=O)N3CCOCC3)cc2)CCOCC1. The summed E-state index contributed by atoms with van der Waals surface area (Å²) in [5, 5.41) is 3.05.